The molecule has 0 amide bonds. The van der Waals surface area contributed by atoms with Crippen LogP contribution in [0.25, 0.3) is 16.5 Å². The van der Waals surface area contributed by atoms with Crippen LogP contribution in [0, 0.1) is 0 Å². The van der Waals surface area contributed by atoms with E-state index < -0.39 is 0 Å². The molecular weight excluding hydrogens is 260 g/mol. The van der Waals surface area contributed by atoms with Gasteiger partial charge in [-0.1, -0.05) is 17.3 Å². The Morgan fingerprint density at radius 1 is 1.21 bits per heavy atom. The van der Waals surface area contributed by atoms with Gasteiger partial charge in [0.1, 0.15) is 0 Å². The third-order valence-corrected chi connectivity index (χ3v) is 3.28. The van der Waals surface area contributed by atoms with Gasteiger partial charge in [0.05, 0.1) is 17.6 Å². The Bertz CT molecular complexity index is 687. The summed E-state index contributed by atoms with van der Waals surface area (Å²) in [6.07, 6.45) is 7.36. The number of aryl methyl sites for hydroxylation is 1. The van der Waals surface area contributed by atoms with Gasteiger partial charge in [0, 0.05) is 23.7 Å². The molecule has 0 aliphatic rings. The van der Waals surface area contributed by atoms with Gasteiger partial charge in [0.25, 0.3) is 0 Å². The third kappa shape index (κ3) is 2.44. The van der Waals surface area contributed by atoms with Crippen molar-refractivity contribution in [3.05, 3.63) is 48.5 Å². The molecule has 96 valence electrons. The highest BCUT2D eigenvalue weighted by molar-refractivity contribution is 6.17. The maximum absolute atomic E-state index is 5.69. The average molecular weight is 273 g/mol. The molecule has 0 atom stereocenters. The normalized spacial score (nSPS) is 11.0. The molecule has 19 heavy (non-hydrogen) atoms. The summed E-state index contributed by atoms with van der Waals surface area (Å²) in [6, 6.07) is 8.08. The second-order valence-electron chi connectivity index (χ2n) is 4.32. The molecule has 0 N–H and O–H groups in total. The number of alkyl halides is 1. The SMILES string of the molecule is ClCCCc1cn(-c2cccc3ccncc23)nn1. The molecule has 0 aliphatic heterocycles. The molecule has 1 aromatic carbocycles. The average Bonchev–Trinajstić information content (AvgIpc) is 2.93. The number of halogens is 1. The summed E-state index contributed by atoms with van der Waals surface area (Å²) in [5, 5.41) is 10.6. The van der Waals surface area contributed by atoms with Gasteiger partial charge in [-0.25, -0.2) is 4.68 Å². The standard InChI is InChI=1S/C14H13ClN4/c15-7-2-4-12-10-19(18-17-12)14-5-1-3-11-6-8-16-9-13(11)14/h1,3,5-6,8-10H,2,4,7H2. The van der Waals surface area contributed by atoms with E-state index in [0.717, 1.165) is 35.0 Å². The monoisotopic (exact) mass is 272 g/mol. The molecule has 4 nitrogen and oxygen atoms in total. The van der Waals surface area contributed by atoms with Crippen LogP contribution in [0.3, 0.4) is 0 Å². The fourth-order valence-corrected chi connectivity index (χ4v) is 2.21. The first-order valence-electron chi connectivity index (χ1n) is 6.19. The molecule has 3 rings (SSSR count). The number of nitrogens with zero attached hydrogens (tertiary/aromatic N) is 4. The lowest BCUT2D eigenvalue weighted by Gasteiger charge is -2.04. The molecule has 0 spiro atoms. The van der Waals surface area contributed by atoms with Crippen molar-refractivity contribution >= 4 is 22.4 Å². The molecular formula is C14H13ClN4. The van der Waals surface area contributed by atoms with Crippen LogP contribution in [-0.2, 0) is 6.42 Å². The van der Waals surface area contributed by atoms with Crippen LogP contribution in [0.1, 0.15) is 12.1 Å². The fourth-order valence-electron chi connectivity index (χ4n) is 2.08. The Hall–Kier alpha value is -1.94. The summed E-state index contributed by atoms with van der Waals surface area (Å²) < 4.78 is 1.80. The van der Waals surface area contributed by atoms with Gasteiger partial charge in [-0.3, -0.25) is 4.98 Å². The van der Waals surface area contributed by atoms with Crippen molar-refractivity contribution < 1.29 is 0 Å². The number of rotatable bonds is 4. The molecule has 3 aromatic rings. The fraction of sp³-hybridized carbons (Fsp3) is 0.214. The van der Waals surface area contributed by atoms with Gasteiger partial charge in [-0.2, -0.15) is 0 Å². The first-order chi connectivity index (χ1) is 9.38. The highest BCUT2D eigenvalue weighted by Crippen LogP contribution is 2.20. The van der Waals surface area contributed by atoms with E-state index >= 15 is 0 Å². The van der Waals surface area contributed by atoms with E-state index in [1.165, 1.54) is 0 Å². The molecule has 0 saturated heterocycles. The molecule has 0 fully saturated rings. The predicted octanol–water partition coefficient (Wildman–Crippen LogP) is 2.99. The zero-order chi connectivity index (χ0) is 13.1. The number of fused-ring (bicyclic) bond motifs is 1. The first-order valence-corrected chi connectivity index (χ1v) is 6.72. The summed E-state index contributed by atoms with van der Waals surface area (Å²) in [6.45, 7) is 0. The van der Waals surface area contributed by atoms with Crippen LogP contribution in [0.4, 0.5) is 0 Å². The van der Waals surface area contributed by atoms with Crippen molar-refractivity contribution in [2.75, 3.05) is 5.88 Å². The zero-order valence-corrected chi connectivity index (χ0v) is 11.1. The summed E-state index contributed by atoms with van der Waals surface area (Å²) in [5.74, 6) is 0.644. The molecule has 0 radical (unpaired) electrons. The number of hydrogen-bond donors (Lipinski definition) is 0. The van der Waals surface area contributed by atoms with Crippen molar-refractivity contribution in [1.82, 2.24) is 20.0 Å². The molecule has 0 unspecified atom stereocenters. The Kier molecular flexibility index (Phi) is 3.42. The largest absolute Gasteiger partial charge is 0.264 e. The Morgan fingerprint density at radius 3 is 3.05 bits per heavy atom. The number of pyridine rings is 1. The molecule has 5 heteroatoms. The summed E-state index contributed by atoms with van der Waals surface area (Å²) in [4.78, 5) is 4.18. The maximum atomic E-state index is 5.69. The quantitative estimate of drug-likeness (QED) is 0.686. The van der Waals surface area contributed by atoms with Crippen LogP contribution < -0.4 is 0 Å². The van der Waals surface area contributed by atoms with E-state index in [9.17, 15) is 0 Å². The lowest BCUT2D eigenvalue weighted by molar-refractivity contribution is 0.795. The van der Waals surface area contributed by atoms with Gasteiger partial charge < -0.3 is 0 Å². The number of hydrogen-bond acceptors (Lipinski definition) is 3. The van der Waals surface area contributed by atoms with Crippen molar-refractivity contribution in [3.8, 4) is 5.69 Å². The molecule has 2 heterocycles. The molecule has 0 bridgehead atoms. The van der Waals surface area contributed by atoms with Crippen molar-refractivity contribution in [2.45, 2.75) is 12.8 Å². The van der Waals surface area contributed by atoms with Crippen molar-refractivity contribution in [2.24, 2.45) is 0 Å². The topological polar surface area (TPSA) is 43.6 Å². The van der Waals surface area contributed by atoms with Crippen molar-refractivity contribution in [1.29, 1.82) is 0 Å². The minimum absolute atomic E-state index is 0.644. The minimum Gasteiger partial charge on any atom is -0.264 e. The van der Waals surface area contributed by atoms with Gasteiger partial charge in [-0.15, -0.1) is 16.7 Å². The van der Waals surface area contributed by atoms with E-state index in [0.29, 0.717) is 5.88 Å². The molecule has 0 saturated carbocycles. The maximum Gasteiger partial charge on any atom is 0.0832 e. The minimum atomic E-state index is 0.644. The summed E-state index contributed by atoms with van der Waals surface area (Å²) in [5.41, 5.74) is 1.96. The van der Waals surface area contributed by atoms with E-state index in [2.05, 4.69) is 21.4 Å². The van der Waals surface area contributed by atoms with Crippen LogP contribution in [0.15, 0.2) is 42.9 Å². The summed E-state index contributed by atoms with van der Waals surface area (Å²) >= 11 is 5.69. The Morgan fingerprint density at radius 2 is 2.16 bits per heavy atom. The number of benzene rings is 1. The van der Waals surface area contributed by atoms with Crippen LogP contribution in [0.5, 0.6) is 0 Å². The lowest BCUT2D eigenvalue weighted by Crippen LogP contribution is -1.96. The molecule has 0 aliphatic carbocycles. The first kappa shape index (κ1) is 12.1. The Balaban J connectivity index is 2.02. The van der Waals surface area contributed by atoms with E-state index in [1.807, 2.05) is 30.6 Å². The second kappa shape index (κ2) is 5.36. The highest BCUT2D eigenvalue weighted by atomic mass is 35.5. The highest BCUT2D eigenvalue weighted by Gasteiger charge is 2.06. The van der Waals surface area contributed by atoms with E-state index in [1.54, 1.807) is 10.9 Å². The van der Waals surface area contributed by atoms with Gasteiger partial charge in [-0.05, 0) is 30.4 Å². The van der Waals surface area contributed by atoms with Crippen LogP contribution in [0.2, 0.25) is 0 Å². The van der Waals surface area contributed by atoms with Crippen molar-refractivity contribution in [3.63, 3.8) is 0 Å². The smallest absolute Gasteiger partial charge is 0.0832 e. The lowest BCUT2D eigenvalue weighted by atomic mass is 10.1. The van der Waals surface area contributed by atoms with E-state index in [-0.39, 0.29) is 0 Å². The molecule has 2 aromatic heterocycles. The van der Waals surface area contributed by atoms with Gasteiger partial charge >= 0.3 is 0 Å². The van der Waals surface area contributed by atoms with Crippen LogP contribution in [-0.4, -0.2) is 25.9 Å². The van der Waals surface area contributed by atoms with E-state index in [4.69, 9.17) is 11.6 Å². The van der Waals surface area contributed by atoms with Crippen LogP contribution >= 0.6 is 11.6 Å². The summed E-state index contributed by atoms with van der Waals surface area (Å²) in [7, 11) is 0. The second-order valence-corrected chi connectivity index (χ2v) is 4.70. The van der Waals surface area contributed by atoms with Gasteiger partial charge in [0.2, 0.25) is 0 Å². The third-order valence-electron chi connectivity index (χ3n) is 3.01. The zero-order valence-electron chi connectivity index (χ0n) is 10.3. The van der Waals surface area contributed by atoms with Gasteiger partial charge in [0.15, 0.2) is 0 Å². The number of aromatic nitrogens is 4. The Labute approximate surface area is 116 Å². The predicted molar refractivity (Wildman–Crippen MR) is 75.7 cm³/mol.